The van der Waals surface area contributed by atoms with Crippen molar-refractivity contribution in [3.8, 4) is 0 Å². The topological polar surface area (TPSA) is 85.6 Å². The van der Waals surface area contributed by atoms with Gasteiger partial charge in [-0.2, -0.15) is 14.6 Å². The highest BCUT2D eigenvalue weighted by atomic mass is 32.1. The smallest absolute Gasteiger partial charge is 0.283 e. The molecule has 1 aliphatic heterocycles. The van der Waals surface area contributed by atoms with Gasteiger partial charge in [-0.05, 0) is 12.1 Å². The zero-order valence-electron chi connectivity index (χ0n) is 10.7. The Balaban J connectivity index is 1.95. The van der Waals surface area contributed by atoms with Crippen LogP contribution in [0.1, 0.15) is 11.1 Å². The molecule has 0 aliphatic carbocycles. The van der Waals surface area contributed by atoms with Crippen molar-refractivity contribution < 1.29 is 0 Å². The first-order valence-electron chi connectivity index (χ1n) is 6.21. The first kappa shape index (κ1) is 12.0. The number of benzene rings is 1. The molecule has 0 saturated heterocycles. The number of aliphatic imine (C=N–C) groups is 1. The van der Waals surface area contributed by atoms with E-state index in [0.717, 1.165) is 16.8 Å². The van der Waals surface area contributed by atoms with E-state index in [2.05, 4.69) is 15.1 Å². The molecule has 6 nitrogen and oxygen atoms in total. The minimum Gasteiger partial charge on any atom is -0.383 e. The molecule has 0 atom stereocenters. The fraction of sp³-hybridized carbons (Fsp3) is 0. The largest absolute Gasteiger partial charge is 0.383 e. The molecule has 0 saturated carbocycles. The number of nitrogens with zero attached hydrogens (tertiary/aromatic N) is 4. The molecule has 21 heavy (non-hydrogen) atoms. The molecule has 1 aliphatic rings. The predicted molar refractivity (Wildman–Crippen MR) is 84.0 cm³/mol. The van der Waals surface area contributed by atoms with Crippen LogP contribution in [0.4, 0.5) is 11.5 Å². The number of fused-ring (bicyclic) bond motifs is 2. The Morgan fingerprint density at radius 1 is 1.29 bits per heavy atom. The summed E-state index contributed by atoms with van der Waals surface area (Å²) < 4.78 is 1.47. The minimum absolute atomic E-state index is 0.288. The third-order valence-corrected chi connectivity index (χ3v) is 3.97. The van der Waals surface area contributed by atoms with Gasteiger partial charge in [0.05, 0.1) is 11.3 Å². The van der Waals surface area contributed by atoms with Crippen molar-refractivity contribution in [3.63, 3.8) is 0 Å². The molecule has 7 heteroatoms. The summed E-state index contributed by atoms with van der Waals surface area (Å²) >= 11 is 1.27. The quantitative estimate of drug-likeness (QED) is 0.744. The van der Waals surface area contributed by atoms with E-state index in [1.54, 1.807) is 17.8 Å². The van der Waals surface area contributed by atoms with Crippen molar-refractivity contribution in [2.24, 2.45) is 4.99 Å². The number of aromatic nitrogens is 3. The van der Waals surface area contributed by atoms with Gasteiger partial charge in [-0.25, -0.2) is 0 Å². The Labute approximate surface area is 122 Å². The number of allylic oxidation sites excluding steroid dienone is 1. The highest BCUT2D eigenvalue weighted by Crippen LogP contribution is 2.32. The molecule has 102 valence electrons. The lowest BCUT2D eigenvalue weighted by atomic mass is 10.1. The van der Waals surface area contributed by atoms with E-state index in [4.69, 9.17) is 5.73 Å². The Morgan fingerprint density at radius 2 is 2.14 bits per heavy atom. The van der Waals surface area contributed by atoms with Gasteiger partial charge in [0, 0.05) is 17.4 Å². The van der Waals surface area contributed by atoms with Gasteiger partial charge >= 0.3 is 0 Å². The summed E-state index contributed by atoms with van der Waals surface area (Å²) in [6, 6.07) is 7.73. The second-order valence-corrected chi connectivity index (χ2v) is 5.34. The molecule has 0 bridgehead atoms. The van der Waals surface area contributed by atoms with E-state index in [9.17, 15) is 4.79 Å². The van der Waals surface area contributed by atoms with Crippen LogP contribution in [0.3, 0.4) is 0 Å². The monoisotopic (exact) mass is 295 g/mol. The molecule has 0 amide bonds. The molecule has 0 fully saturated rings. The Hall–Kier alpha value is -2.80. The summed E-state index contributed by atoms with van der Waals surface area (Å²) in [5.74, 6) is 0.288. The molecule has 0 spiro atoms. The number of para-hydroxylation sites is 1. The van der Waals surface area contributed by atoms with Crippen LogP contribution in [0, 0.1) is 0 Å². The van der Waals surface area contributed by atoms with E-state index in [1.165, 1.54) is 15.9 Å². The summed E-state index contributed by atoms with van der Waals surface area (Å²) in [7, 11) is 0. The summed E-state index contributed by atoms with van der Waals surface area (Å²) in [4.78, 5) is 20.9. The first-order valence-corrected chi connectivity index (χ1v) is 7.09. The average Bonchev–Trinajstić information content (AvgIpc) is 3.10. The van der Waals surface area contributed by atoms with Gasteiger partial charge in [0.25, 0.3) is 5.56 Å². The highest BCUT2D eigenvalue weighted by Gasteiger charge is 2.15. The molecule has 1 aromatic carbocycles. The van der Waals surface area contributed by atoms with Crippen LogP contribution in [-0.4, -0.2) is 20.8 Å². The van der Waals surface area contributed by atoms with Crippen molar-refractivity contribution in [1.29, 1.82) is 0 Å². The second-order valence-electron chi connectivity index (χ2n) is 4.52. The number of hydrogen-bond acceptors (Lipinski definition) is 6. The van der Waals surface area contributed by atoms with Gasteiger partial charge in [-0.3, -0.25) is 9.79 Å². The van der Waals surface area contributed by atoms with Gasteiger partial charge < -0.3 is 5.73 Å². The van der Waals surface area contributed by atoms with E-state index >= 15 is 0 Å². The van der Waals surface area contributed by atoms with E-state index < -0.39 is 0 Å². The maximum absolute atomic E-state index is 12.1. The summed E-state index contributed by atoms with van der Waals surface area (Å²) in [5, 5.41) is 4.08. The molecular weight excluding hydrogens is 286 g/mol. The zero-order valence-corrected chi connectivity index (χ0v) is 11.5. The predicted octanol–water partition coefficient (Wildman–Crippen LogP) is 1.99. The van der Waals surface area contributed by atoms with Crippen molar-refractivity contribution in [2.45, 2.75) is 0 Å². The van der Waals surface area contributed by atoms with Gasteiger partial charge in [-0.1, -0.05) is 29.5 Å². The Bertz CT molecular complexity index is 982. The zero-order chi connectivity index (χ0) is 14.4. The number of nitrogen functional groups attached to an aromatic ring is 1. The van der Waals surface area contributed by atoms with Crippen molar-refractivity contribution in [2.75, 3.05) is 5.73 Å². The molecule has 3 aromatic rings. The van der Waals surface area contributed by atoms with Crippen LogP contribution in [0.15, 0.2) is 39.6 Å². The fourth-order valence-corrected chi connectivity index (χ4v) is 2.89. The number of anilines is 1. The summed E-state index contributed by atoms with van der Waals surface area (Å²) in [5.41, 5.74) is 10.3. The van der Waals surface area contributed by atoms with Gasteiger partial charge in [-0.15, -0.1) is 0 Å². The number of hydrogen-bond donors (Lipinski definition) is 1. The summed E-state index contributed by atoms with van der Waals surface area (Å²) in [6.07, 6.45) is 3.44. The van der Waals surface area contributed by atoms with Crippen LogP contribution in [0.5, 0.6) is 0 Å². The van der Waals surface area contributed by atoms with E-state index in [0.29, 0.717) is 10.5 Å². The molecule has 4 rings (SSSR count). The van der Waals surface area contributed by atoms with Gasteiger partial charge in [0.15, 0.2) is 0 Å². The van der Waals surface area contributed by atoms with Crippen LogP contribution in [-0.2, 0) is 0 Å². The fourth-order valence-electron chi connectivity index (χ4n) is 2.27. The molecular formula is C14H9N5OS. The van der Waals surface area contributed by atoms with Crippen molar-refractivity contribution in [3.05, 3.63) is 51.3 Å². The lowest BCUT2D eigenvalue weighted by Gasteiger charge is -2.03. The van der Waals surface area contributed by atoms with Crippen LogP contribution >= 0.6 is 11.3 Å². The van der Waals surface area contributed by atoms with E-state index in [1.807, 2.05) is 24.3 Å². The van der Waals surface area contributed by atoms with Gasteiger partial charge in [0.1, 0.15) is 11.3 Å². The van der Waals surface area contributed by atoms with Crippen molar-refractivity contribution >= 4 is 45.7 Å². The normalized spacial score (nSPS) is 15.0. The lowest BCUT2D eigenvalue weighted by Crippen LogP contribution is -2.16. The van der Waals surface area contributed by atoms with Crippen LogP contribution in [0.25, 0.3) is 16.6 Å². The van der Waals surface area contributed by atoms with Crippen LogP contribution in [0.2, 0.25) is 0 Å². The summed E-state index contributed by atoms with van der Waals surface area (Å²) in [6.45, 7) is 0. The molecule has 0 unspecified atom stereocenters. The number of nitrogens with two attached hydrogens (primary N) is 1. The van der Waals surface area contributed by atoms with Gasteiger partial charge in [0.2, 0.25) is 4.96 Å². The Kier molecular flexibility index (Phi) is 2.48. The molecule has 0 radical (unpaired) electrons. The highest BCUT2D eigenvalue weighted by molar-refractivity contribution is 7.14. The molecule has 2 aromatic heterocycles. The molecule has 3 heterocycles. The average molecular weight is 295 g/mol. The maximum Gasteiger partial charge on any atom is 0.283 e. The number of rotatable bonds is 1. The second kappa shape index (κ2) is 4.35. The third kappa shape index (κ3) is 1.78. The standard InChI is InChI=1S/C14H9N5OS/c15-12-10(13(20)18-14-19(12)17-7-21-14)5-8-6-16-11-4-2-1-3-9(8)11/h1-7H,15H2/b8-5+. The first-order chi connectivity index (χ1) is 10.2. The molecule has 2 N–H and O–H groups in total. The van der Waals surface area contributed by atoms with Crippen LogP contribution < -0.4 is 11.3 Å². The van der Waals surface area contributed by atoms with Crippen molar-refractivity contribution in [1.82, 2.24) is 14.6 Å². The maximum atomic E-state index is 12.1. The minimum atomic E-state index is -0.359. The lowest BCUT2D eigenvalue weighted by molar-refractivity contribution is 0.941. The van der Waals surface area contributed by atoms with E-state index in [-0.39, 0.29) is 11.4 Å². The Morgan fingerprint density at radius 3 is 3.05 bits per heavy atom. The third-order valence-electron chi connectivity index (χ3n) is 3.29. The SMILES string of the molecule is Nc1c(/C=C2\C=Nc3ccccc32)c(=O)nc2scnn12.